The smallest absolute Gasteiger partial charge is 0.270 e. The van der Waals surface area contributed by atoms with Gasteiger partial charge in [0.1, 0.15) is 5.69 Å². The molecule has 0 fully saturated rings. The summed E-state index contributed by atoms with van der Waals surface area (Å²) >= 11 is 0. The number of carbonyl (C=O) groups is 2. The molecule has 18 heavy (non-hydrogen) atoms. The quantitative estimate of drug-likeness (QED) is 0.638. The van der Waals surface area contributed by atoms with Crippen molar-refractivity contribution in [2.24, 2.45) is 12.8 Å². The number of hydrogen-bond acceptors (Lipinski definition) is 4. The highest BCUT2D eigenvalue weighted by Gasteiger charge is 2.17. The fourth-order valence-corrected chi connectivity index (χ4v) is 1.30. The molecule has 0 aromatic carbocycles. The van der Waals surface area contributed by atoms with Gasteiger partial charge >= 0.3 is 0 Å². The Morgan fingerprint density at radius 3 is 2.61 bits per heavy atom. The van der Waals surface area contributed by atoms with Gasteiger partial charge in [0.05, 0.1) is 11.7 Å². The molecule has 2 amide bonds. The van der Waals surface area contributed by atoms with Gasteiger partial charge in [-0.3, -0.25) is 14.3 Å². The lowest BCUT2D eigenvalue weighted by atomic mass is 10.1. The number of amides is 2. The zero-order chi connectivity index (χ0) is 13.9. The molecule has 1 aromatic heterocycles. The molecule has 0 saturated carbocycles. The average Bonchev–Trinajstić information content (AvgIpc) is 2.58. The van der Waals surface area contributed by atoms with Crippen LogP contribution < -0.4 is 11.1 Å². The minimum atomic E-state index is -0.845. The van der Waals surface area contributed by atoms with Crippen LogP contribution in [0, 0.1) is 6.07 Å². The van der Waals surface area contributed by atoms with Gasteiger partial charge in [-0.1, -0.05) is 0 Å². The maximum atomic E-state index is 11.8. The Bertz CT molecular complexity index is 459. The standard InChI is InChI=1S/C11H17N4O3/c1-11(2,18)4-5-13-10(17)8-6-7(9(12)16)14-15(8)3/h18H,4-5H2,1-3H3,(H2,12,16)(H,13,17). The summed E-state index contributed by atoms with van der Waals surface area (Å²) in [5, 5.41) is 15.9. The molecular weight excluding hydrogens is 236 g/mol. The minimum Gasteiger partial charge on any atom is -0.390 e. The van der Waals surface area contributed by atoms with E-state index in [9.17, 15) is 14.7 Å². The van der Waals surface area contributed by atoms with E-state index in [0.717, 1.165) is 0 Å². The van der Waals surface area contributed by atoms with Gasteiger partial charge < -0.3 is 16.2 Å². The van der Waals surface area contributed by atoms with E-state index in [1.807, 2.05) is 0 Å². The molecule has 7 nitrogen and oxygen atoms in total. The average molecular weight is 253 g/mol. The molecule has 1 aromatic rings. The van der Waals surface area contributed by atoms with Gasteiger partial charge in [-0.15, -0.1) is 0 Å². The zero-order valence-electron chi connectivity index (χ0n) is 10.6. The number of rotatable bonds is 5. The maximum Gasteiger partial charge on any atom is 0.270 e. The summed E-state index contributed by atoms with van der Waals surface area (Å²) in [7, 11) is 1.52. The van der Waals surface area contributed by atoms with Crippen LogP contribution in [-0.2, 0) is 7.05 Å². The summed E-state index contributed by atoms with van der Waals surface area (Å²) in [6.45, 7) is 3.62. The molecule has 0 bridgehead atoms. The lowest BCUT2D eigenvalue weighted by Gasteiger charge is -2.16. The lowest BCUT2D eigenvalue weighted by Crippen LogP contribution is -2.31. The van der Waals surface area contributed by atoms with Gasteiger partial charge in [-0.2, -0.15) is 5.10 Å². The Labute approximate surface area is 105 Å². The van der Waals surface area contributed by atoms with Crippen LogP contribution in [0.25, 0.3) is 0 Å². The third-order valence-corrected chi connectivity index (χ3v) is 2.28. The summed E-state index contributed by atoms with van der Waals surface area (Å²) in [5.41, 5.74) is 4.24. The molecule has 1 radical (unpaired) electrons. The second kappa shape index (κ2) is 5.18. The first-order valence-electron chi connectivity index (χ1n) is 5.47. The Morgan fingerprint density at radius 1 is 1.56 bits per heavy atom. The van der Waals surface area contributed by atoms with Crippen molar-refractivity contribution in [3.8, 4) is 0 Å². The SMILES string of the molecule is Cn1nc(C(N)=O)[c]c1C(=O)NCCC(C)(C)O. The molecule has 0 spiro atoms. The van der Waals surface area contributed by atoms with Crippen molar-refractivity contribution in [3.63, 3.8) is 0 Å². The topological polar surface area (TPSA) is 110 Å². The summed E-state index contributed by atoms with van der Waals surface area (Å²) in [4.78, 5) is 22.6. The van der Waals surface area contributed by atoms with E-state index in [-0.39, 0.29) is 11.4 Å². The Kier molecular flexibility index (Phi) is 4.07. The zero-order valence-corrected chi connectivity index (χ0v) is 10.6. The van der Waals surface area contributed by atoms with Crippen molar-refractivity contribution < 1.29 is 14.7 Å². The molecule has 1 rings (SSSR count). The van der Waals surface area contributed by atoms with Gasteiger partial charge in [0, 0.05) is 13.6 Å². The second-order valence-corrected chi connectivity index (χ2v) is 4.63. The van der Waals surface area contributed by atoms with Gasteiger partial charge in [0.15, 0.2) is 5.69 Å². The number of aryl methyl sites for hydroxylation is 1. The number of aliphatic hydroxyl groups is 1. The van der Waals surface area contributed by atoms with E-state index in [0.29, 0.717) is 13.0 Å². The van der Waals surface area contributed by atoms with Gasteiger partial charge in [-0.25, -0.2) is 0 Å². The highest BCUT2D eigenvalue weighted by molar-refractivity contribution is 5.96. The summed E-state index contributed by atoms with van der Waals surface area (Å²) in [5.74, 6) is -1.15. The summed E-state index contributed by atoms with van der Waals surface area (Å²) in [6, 6.07) is 2.53. The first kappa shape index (κ1) is 14.2. The van der Waals surface area contributed by atoms with Crippen LogP contribution in [0.1, 0.15) is 41.2 Å². The third-order valence-electron chi connectivity index (χ3n) is 2.28. The summed E-state index contributed by atoms with van der Waals surface area (Å²) < 4.78 is 1.24. The number of hydrogen-bond donors (Lipinski definition) is 3. The predicted molar refractivity (Wildman–Crippen MR) is 63.8 cm³/mol. The monoisotopic (exact) mass is 253 g/mol. The Balaban J connectivity index is 2.65. The number of nitrogens with zero attached hydrogens (tertiary/aromatic N) is 2. The van der Waals surface area contributed by atoms with Crippen LogP contribution in [-0.4, -0.2) is 38.8 Å². The first-order chi connectivity index (χ1) is 8.20. The van der Waals surface area contributed by atoms with Crippen molar-refractivity contribution in [1.29, 1.82) is 0 Å². The van der Waals surface area contributed by atoms with Gasteiger partial charge in [0.2, 0.25) is 0 Å². The van der Waals surface area contributed by atoms with Gasteiger partial charge in [-0.05, 0) is 20.3 Å². The van der Waals surface area contributed by atoms with Crippen molar-refractivity contribution in [2.75, 3.05) is 6.54 Å². The number of nitrogens with one attached hydrogen (secondary N) is 1. The van der Waals surface area contributed by atoms with E-state index >= 15 is 0 Å². The van der Waals surface area contributed by atoms with Crippen LogP contribution in [0.5, 0.6) is 0 Å². The molecule has 0 aliphatic carbocycles. The van der Waals surface area contributed by atoms with E-state index < -0.39 is 17.4 Å². The van der Waals surface area contributed by atoms with Crippen LogP contribution in [0.15, 0.2) is 0 Å². The Morgan fingerprint density at radius 2 is 2.17 bits per heavy atom. The highest BCUT2D eigenvalue weighted by Crippen LogP contribution is 2.06. The van der Waals surface area contributed by atoms with Crippen LogP contribution in [0.3, 0.4) is 0 Å². The largest absolute Gasteiger partial charge is 0.390 e. The fraction of sp³-hybridized carbons (Fsp3) is 0.545. The van der Waals surface area contributed by atoms with Crippen LogP contribution in [0.4, 0.5) is 0 Å². The van der Waals surface area contributed by atoms with Gasteiger partial charge in [0.25, 0.3) is 11.8 Å². The molecule has 0 atom stereocenters. The van der Waals surface area contributed by atoms with Crippen molar-refractivity contribution >= 4 is 11.8 Å². The minimum absolute atomic E-state index is 0.0786. The number of carbonyl (C=O) groups excluding carboxylic acids is 2. The van der Waals surface area contributed by atoms with E-state index in [1.54, 1.807) is 13.8 Å². The van der Waals surface area contributed by atoms with Crippen molar-refractivity contribution in [3.05, 3.63) is 17.5 Å². The highest BCUT2D eigenvalue weighted by atomic mass is 16.3. The summed E-state index contributed by atoms with van der Waals surface area (Å²) in [6.07, 6.45) is 0.416. The molecule has 0 aliphatic rings. The molecular formula is C11H17N4O3. The second-order valence-electron chi connectivity index (χ2n) is 4.63. The molecule has 1 heterocycles. The molecule has 7 heteroatoms. The van der Waals surface area contributed by atoms with Crippen molar-refractivity contribution in [2.45, 2.75) is 25.9 Å². The number of aromatic nitrogens is 2. The Hall–Kier alpha value is -1.89. The van der Waals surface area contributed by atoms with E-state index in [1.165, 1.54) is 11.7 Å². The molecule has 0 unspecified atom stereocenters. The lowest BCUT2D eigenvalue weighted by molar-refractivity contribution is 0.0691. The van der Waals surface area contributed by atoms with E-state index in [2.05, 4.69) is 16.5 Å². The molecule has 99 valence electrons. The third kappa shape index (κ3) is 3.85. The fourth-order valence-electron chi connectivity index (χ4n) is 1.30. The molecule has 0 saturated heterocycles. The van der Waals surface area contributed by atoms with Crippen molar-refractivity contribution in [1.82, 2.24) is 15.1 Å². The predicted octanol–water partition coefficient (Wildman–Crippen LogP) is -0.790. The van der Waals surface area contributed by atoms with Crippen LogP contribution in [0.2, 0.25) is 0 Å². The molecule has 0 aliphatic heterocycles. The number of primary amides is 1. The van der Waals surface area contributed by atoms with Crippen LogP contribution >= 0.6 is 0 Å². The maximum absolute atomic E-state index is 11.8. The van der Waals surface area contributed by atoms with E-state index in [4.69, 9.17) is 5.73 Å². The molecule has 4 N–H and O–H groups in total. The first-order valence-corrected chi connectivity index (χ1v) is 5.47. The number of nitrogens with two attached hydrogens (primary N) is 1. The normalized spacial score (nSPS) is 11.3.